The van der Waals surface area contributed by atoms with Crippen molar-refractivity contribution in [1.29, 1.82) is 0 Å². The topological polar surface area (TPSA) is 66.5 Å². The van der Waals surface area contributed by atoms with Crippen molar-refractivity contribution < 1.29 is 14.4 Å². The Hall–Kier alpha value is -1.69. The van der Waals surface area contributed by atoms with Gasteiger partial charge in [-0.2, -0.15) is 0 Å². The molecule has 21 heavy (non-hydrogen) atoms. The van der Waals surface area contributed by atoms with Crippen LogP contribution >= 0.6 is 15.9 Å². The lowest BCUT2D eigenvalue weighted by atomic mass is 10.0. The highest BCUT2D eigenvalue weighted by Crippen LogP contribution is 2.29. The van der Waals surface area contributed by atoms with Gasteiger partial charge >= 0.3 is 0 Å². The van der Waals surface area contributed by atoms with Crippen LogP contribution < -0.4 is 5.32 Å². The van der Waals surface area contributed by atoms with Gasteiger partial charge in [0.2, 0.25) is 11.8 Å². The normalized spacial score (nSPS) is 20.6. The zero-order valence-electron chi connectivity index (χ0n) is 12.0. The number of piperidine rings is 1. The number of hydrogen-bond acceptors (Lipinski definition) is 3. The fourth-order valence-corrected chi connectivity index (χ4v) is 2.89. The fourth-order valence-electron chi connectivity index (χ4n) is 2.53. The van der Waals surface area contributed by atoms with Crippen molar-refractivity contribution in [3.05, 3.63) is 33.8 Å². The molecule has 1 saturated heterocycles. The summed E-state index contributed by atoms with van der Waals surface area (Å²) in [5, 5.41) is 2.28. The molecule has 1 unspecified atom stereocenters. The number of fused-ring (bicyclic) bond motifs is 1. The summed E-state index contributed by atoms with van der Waals surface area (Å²) in [5.41, 5.74) is 1.54. The molecule has 1 fully saturated rings. The van der Waals surface area contributed by atoms with Gasteiger partial charge in [-0.25, -0.2) is 0 Å². The highest BCUT2D eigenvalue weighted by atomic mass is 79.9. The molecule has 0 saturated carbocycles. The Kier molecular flexibility index (Phi) is 4.77. The van der Waals surface area contributed by atoms with Crippen molar-refractivity contribution >= 4 is 33.7 Å². The van der Waals surface area contributed by atoms with Crippen molar-refractivity contribution in [2.24, 2.45) is 0 Å². The zero-order valence-corrected chi connectivity index (χ0v) is 13.6. The molecule has 0 spiro atoms. The van der Waals surface area contributed by atoms with Crippen LogP contribution in [0.15, 0.2) is 22.7 Å². The van der Waals surface area contributed by atoms with Gasteiger partial charge in [-0.1, -0.05) is 35.8 Å². The van der Waals surface area contributed by atoms with E-state index in [0.29, 0.717) is 18.5 Å². The number of benzene rings is 1. The van der Waals surface area contributed by atoms with E-state index >= 15 is 0 Å². The maximum atomic E-state index is 12.3. The molecule has 112 valence electrons. The SMILES string of the molecule is CC.O=C1CCC(N2Cc3ccc(Br)cc3C2=O)C(=O)N1. The Labute approximate surface area is 131 Å². The molecular formula is C15H17BrN2O3. The average molecular weight is 353 g/mol. The van der Waals surface area contributed by atoms with Crippen LogP contribution in [0.5, 0.6) is 0 Å². The van der Waals surface area contributed by atoms with E-state index in [1.807, 2.05) is 26.0 Å². The molecule has 2 aliphatic heterocycles. The first-order chi connectivity index (χ1) is 10.1. The Morgan fingerprint density at radius 1 is 1.24 bits per heavy atom. The van der Waals surface area contributed by atoms with Gasteiger partial charge in [0.15, 0.2) is 0 Å². The predicted octanol–water partition coefficient (Wildman–Crippen LogP) is 2.24. The van der Waals surface area contributed by atoms with E-state index in [1.54, 1.807) is 11.0 Å². The number of nitrogens with zero attached hydrogens (tertiary/aromatic N) is 1. The molecule has 0 aromatic heterocycles. The number of amides is 3. The van der Waals surface area contributed by atoms with E-state index in [-0.39, 0.29) is 24.1 Å². The Morgan fingerprint density at radius 3 is 2.62 bits per heavy atom. The molecule has 3 rings (SSSR count). The molecule has 0 radical (unpaired) electrons. The highest BCUT2D eigenvalue weighted by molar-refractivity contribution is 9.10. The lowest BCUT2D eigenvalue weighted by molar-refractivity contribution is -0.136. The Balaban J connectivity index is 0.000000774. The maximum Gasteiger partial charge on any atom is 0.255 e. The number of hydrogen-bond donors (Lipinski definition) is 1. The molecular weight excluding hydrogens is 336 g/mol. The first-order valence-electron chi connectivity index (χ1n) is 6.99. The summed E-state index contributed by atoms with van der Waals surface area (Å²) >= 11 is 3.33. The van der Waals surface area contributed by atoms with Gasteiger partial charge in [0, 0.05) is 23.0 Å². The lowest BCUT2D eigenvalue weighted by Crippen LogP contribution is -2.52. The lowest BCUT2D eigenvalue weighted by Gasteiger charge is -2.29. The van der Waals surface area contributed by atoms with Crippen LogP contribution in [0.2, 0.25) is 0 Å². The third-order valence-corrected chi connectivity index (χ3v) is 3.98. The minimum atomic E-state index is -0.545. The molecule has 1 atom stereocenters. The van der Waals surface area contributed by atoms with Gasteiger partial charge in [-0.15, -0.1) is 0 Å². The third kappa shape index (κ3) is 3.00. The molecule has 0 bridgehead atoms. The van der Waals surface area contributed by atoms with Gasteiger partial charge < -0.3 is 4.90 Å². The smallest absolute Gasteiger partial charge is 0.255 e. The molecule has 1 aromatic carbocycles. The highest BCUT2D eigenvalue weighted by Gasteiger charge is 2.38. The molecule has 1 N–H and O–H groups in total. The molecule has 5 nitrogen and oxygen atoms in total. The van der Waals surface area contributed by atoms with E-state index in [2.05, 4.69) is 21.2 Å². The van der Waals surface area contributed by atoms with Crippen LogP contribution in [0.25, 0.3) is 0 Å². The van der Waals surface area contributed by atoms with E-state index in [1.165, 1.54) is 0 Å². The predicted molar refractivity (Wildman–Crippen MR) is 81.5 cm³/mol. The van der Waals surface area contributed by atoms with Gasteiger partial charge in [-0.3, -0.25) is 19.7 Å². The first-order valence-corrected chi connectivity index (χ1v) is 7.78. The third-order valence-electron chi connectivity index (χ3n) is 3.49. The minimum absolute atomic E-state index is 0.147. The van der Waals surface area contributed by atoms with Crippen LogP contribution in [-0.4, -0.2) is 28.7 Å². The number of nitrogens with one attached hydrogen (secondary N) is 1. The van der Waals surface area contributed by atoms with E-state index in [9.17, 15) is 14.4 Å². The largest absolute Gasteiger partial charge is 0.322 e. The van der Waals surface area contributed by atoms with E-state index in [0.717, 1.165) is 10.0 Å². The minimum Gasteiger partial charge on any atom is -0.322 e. The quantitative estimate of drug-likeness (QED) is 0.788. The number of imide groups is 1. The van der Waals surface area contributed by atoms with Crippen LogP contribution in [0.1, 0.15) is 42.6 Å². The standard InChI is InChI=1S/C13H11BrN2O3.C2H6/c14-8-2-1-7-6-16(13(19)9(7)5-8)10-3-4-11(17)15-12(10)18;1-2/h1-2,5,10H,3-4,6H2,(H,15,17,18);1-2H3. The monoisotopic (exact) mass is 352 g/mol. The van der Waals surface area contributed by atoms with Crippen molar-refractivity contribution in [3.8, 4) is 0 Å². The summed E-state index contributed by atoms with van der Waals surface area (Å²) in [6.07, 6.45) is 0.672. The molecule has 2 heterocycles. The number of rotatable bonds is 1. The fraction of sp³-hybridized carbons (Fsp3) is 0.400. The van der Waals surface area contributed by atoms with Gasteiger partial charge in [0.1, 0.15) is 6.04 Å². The van der Waals surface area contributed by atoms with Crippen LogP contribution in [0.4, 0.5) is 0 Å². The molecule has 1 aromatic rings. The molecule has 3 amide bonds. The van der Waals surface area contributed by atoms with Crippen molar-refractivity contribution in [2.75, 3.05) is 0 Å². The van der Waals surface area contributed by atoms with Crippen molar-refractivity contribution in [1.82, 2.24) is 10.2 Å². The van der Waals surface area contributed by atoms with E-state index in [4.69, 9.17) is 0 Å². The Morgan fingerprint density at radius 2 is 1.95 bits per heavy atom. The molecule has 6 heteroatoms. The number of carbonyl (C=O) groups is 3. The summed E-state index contributed by atoms with van der Waals surface area (Å²) in [6.45, 7) is 4.42. The average Bonchev–Trinajstić information content (AvgIpc) is 2.78. The summed E-state index contributed by atoms with van der Waals surface area (Å²) in [4.78, 5) is 36.8. The summed E-state index contributed by atoms with van der Waals surface area (Å²) in [7, 11) is 0. The van der Waals surface area contributed by atoms with Gasteiger partial charge in [0.25, 0.3) is 5.91 Å². The number of carbonyl (C=O) groups excluding carboxylic acids is 3. The summed E-state index contributed by atoms with van der Waals surface area (Å²) in [6, 6.07) is 4.98. The number of halogens is 1. The zero-order chi connectivity index (χ0) is 15.6. The van der Waals surface area contributed by atoms with Crippen LogP contribution in [0.3, 0.4) is 0 Å². The van der Waals surface area contributed by atoms with Gasteiger partial charge in [-0.05, 0) is 24.1 Å². The van der Waals surface area contributed by atoms with Gasteiger partial charge in [0.05, 0.1) is 0 Å². The maximum absolute atomic E-state index is 12.3. The molecule has 2 aliphatic rings. The second-order valence-electron chi connectivity index (χ2n) is 4.70. The second-order valence-corrected chi connectivity index (χ2v) is 5.62. The summed E-state index contributed by atoms with van der Waals surface area (Å²) < 4.78 is 0.838. The summed E-state index contributed by atoms with van der Waals surface area (Å²) in [5.74, 6) is -0.796. The van der Waals surface area contributed by atoms with Crippen LogP contribution in [0, 0.1) is 0 Å². The van der Waals surface area contributed by atoms with E-state index < -0.39 is 6.04 Å². The van der Waals surface area contributed by atoms with Crippen molar-refractivity contribution in [3.63, 3.8) is 0 Å². The molecule has 0 aliphatic carbocycles. The Bertz CT molecular complexity index is 601. The second kappa shape index (κ2) is 6.39. The van der Waals surface area contributed by atoms with Crippen LogP contribution in [-0.2, 0) is 16.1 Å². The first kappa shape index (κ1) is 15.7. The van der Waals surface area contributed by atoms with Crippen molar-refractivity contribution in [2.45, 2.75) is 39.3 Å².